The van der Waals surface area contributed by atoms with Crippen LogP contribution in [0.2, 0.25) is 0 Å². The standard InChI is InChI=1S/C19H23BrN4O/c20-16-8-4-6-14(12-16)19(25)23-10-5-7-15(13-23)18-22-21-17-9-2-1-3-11-24(17)18/h4,6,8,12,15H,1-3,5,7,9-11,13H2. The summed E-state index contributed by atoms with van der Waals surface area (Å²) in [6.07, 6.45) is 6.80. The Bertz CT molecular complexity index is 773. The number of nitrogens with zero attached hydrogens (tertiary/aromatic N) is 4. The molecule has 5 nitrogen and oxygen atoms in total. The fourth-order valence-electron chi connectivity index (χ4n) is 3.99. The largest absolute Gasteiger partial charge is 0.338 e. The smallest absolute Gasteiger partial charge is 0.253 e. The Balaban J connectivity index is 1.53. The monoisotopic (exact) mass is 402 g/mol. The third-order valence-electron chi connectivity index (χ3n) is 5.28. The van der Waals surface area contributed by atoms with E-state index >= 15 is 0 Å². The van der Waals surface area contributed by atoms with Gasteiger partial charge in [-0.2, -0.15) is 0 Å². The van der Waals surface area contributed by atoms with Crippen molar-refractivity contribution in [3.63, 3.8) is 0 Å². The molecule has 132 valence electrons. The van der Waals surface area contributed by atoms with Gasteiger partial charge in [-0.1, -0.05) is 28.4 Å². The molecule has 1 saturated heterocycles. The van der Waals surface area contributed by atoms with Crippen LogP contribution in [0.3, 0.4) is 0 Å². The number of halogens is 1. The third kappa shape index (κ3) is 3.50. The predicted molar refractivity (Wildman–Crippen MR) is 99.6 cm³/mol. The van der Waals surface area contributed by atoms with Crippen LogP contribution in [0.4, 0.5) is 0 Å². The van der Waals surface area contributed by atoms with E-state index in [1.165, 1.54) is 19.3 Å². The number of rotatable bonds is 2. The molecule has 1 aromatic carbocycles. The van der Waals surface area contributed by atoms with E-state index in [0.717, 1.165) is 60.6 Å². The second-order valence-electron chi connectivity index (χ2n) is 7.04. The minimum absolute atomic E-state index is 0.113. The lowest BCUT2D eigenvalue weighted by molar-refractivity contribution is 0.0703. The molecule has 1 amide bonds. The highest BCUT2D eigenvalue weighted by Crippen LogP contribution is 2.29. The van der Waals surface area contributed by atoms with Crippen LogP contribution in [-0.4, -0.2) is 38.7 Å². The molecule has 0 saturated carbocycles. The van der Waals surface area contributed by atoms with Crippen molar-refractivity contribution in [1.29, 1.82) is 0 Å². The molecule has 4 rings (SSSR count). The van der Waals surface area contributed by atoms with E-state index in [4.69, 9.17) is 0 Å². The summed E-state index contributed by atoms with van der Waals surface area (Å²) in [4.78, 5) is 14.9. The Kier molecular flexibility index (Phi) is 4.88. The molecular weight excluding hydrogens is 380 g/mol. The van der Waals surface area contributed by atoms with Crippen molar-refractivity contribution in [2.45, 2.75) is 51.0 Å². The number of benzene rings is 1. The Hall–Kier alpha value is -1.69. The van der Waals surface area contributed by atoms with Gasteiger partial charge in [0.25, 0.3) is 5.91 Å². The van der Waals surface area contributed by atoms with Crippen molar-refractivity contribution < 1.29 is 4.79 Å². The minimum Gasteiger partial charge on any atom is -0.338 e. The molecule has 1 atom stereocenters. The topological polar surface area (TPSA) is 51.0 Å². The van der Waals surface area contributed by atoms with Gasteiger partial charge in [0.2, 0.25) is 0 Å². The summed E-state index contributed by atoms with van der Waals surface area (Å²) in [7, 11) is 0. The molecule has 2 aromatic rings. The number of carbonyl (C=O) groups excluding carboxylic acids is 1. The summed E-state index contributed by atoms with van der Waals surface area (Å²) in [6, 6.07) is 7.65. The Morgan fingerprint density at radius 3 is 2.92 bits per heavy atom. The van der Waals surface area contributed by atoms with Crippen LogP contribution >= 0.6 is 15.9 Å². The summed E-state index contributed by atoms with van der Waals surface area (Å²) in [5, 5.41) is 8.95. The van der Waals surface area contributed by atoms with Crippen LogP contribution in [0.15, 0.2) is 28.7 Å². The molecule has 1 aromatic heterocycles. The van der Waals surface area contributed by atoms with E-state index in [2.05, 4.69) is 30.7 Å². The number of likely N-dealkylation sites (tertiary alicyclic amines) is 1. The summed E-state index contributed by atoms with van der Waals surface area (Å²) >= 11 is 3.45. The van der Waals surface area contributed by atoms with E-state index in [0.29, 0.717) is 5.92 Å². The van der Waals surface area contributed by atoms with E-state index in [9.17, 15) is 4.79 Å². The Morgan fingerprint density at radius 1 is 1.12 bits per heavy atom. The summed E-state index contributed by atoms with van der Waals surface area (Å²) in [5.41, 5.74) is 0.745. The Morgan fingerprint density at radius 2 is 2.04 bits per heavy atom. The molecule has 1 unspecified atom stereocenters. The number of amides is 1. The summed E-state index contributed by atoms with van der Waals surface area (Å²) in [5.74, 6) is 2.62. The number of aryl methyl sites for hydroxylation is 1. The molecule has 0 aliphatic carbocycles. The van der Waals surface area contributed by atoms with Crippen LogP contribution in [-0.2, 0) is 13.0 Å². The zero-order valence-corrected chi connectivity index (χ0v) is 15.9. The maximum absolute atomic E-state index is 12.9. The first-order valence-electron chi connectivity index (χ1n) is 9.19. The van der Waals surface area contributed by atoms with E-state index in [-0.39, 0.29) is 5.91 Å². The fourth-order valence-corrected chi connectivity index (χ4v) is 4.39. The highest BCUT2D eigenvalue weighted by Gasteiger charge is 2.29. The average Bonchev–Trinajstić information content (AvgIpc) is 2.90. The van der Waals surface area contributed by atoms with Gasteiger partial charge in [0.1, 0.15) is 11.6 Å². The van der Waals surface area contributed by atoms with Gasteiger partial charge in [0.05, 0.1) is 0 Å². The predicted octanol–water partition coefficient (Wildman–Crippen LogP) is 3.79. The van der Waals surface area contributed by atoms with Crippen LogP contribution in [0.5, 0.6) is 0 Å². The SMILES string of the molecule is O=C(c1cccc(Br)c1)N1CCCC(c2nnc3n2CCCCC3)C1. The van der Waals surface area contributed by atoms with Gasteiger partial charge in [-0.15, -0.1) is 10.2 Å². The first-order valence-corrected chi connectivity index (χ1v) is 9.98. The molecule has 0 N–H and O–H groups in total. The number of hydrogen-bond acceptors (Lipinski definition) is 3. The molecule has 6 heteroatoms. The zero-order valence-electron chi connectivity index (χ0n) is 14.3. The highest BCUT2D eigenvalue weighted by molar-refractivity contribution is 9.10. The number of hydrogen-bond donors (Lipinski definition) is 0. The maximum atomic E-state index is 12.9. The number of aromatic nitrogens is 3. The van der Waals surface area contributed by atoms with Gasteiger partial charge in [0, 0.05) is 42.0 Å². The van der Waals surface area contributed by atoms with Gasteiger partial charge in [-0.05, 0) is 43.9 Å². The van der Waals surface area contributed by atoms with Gasteiger partial charge in [0.15, 0.2) is 0 Å². The molecular formula is C19H23BrN4O. The van der Waals surface area contributed by atoms with Gasteiger partial charge in [-0.3, -0.25) is 4.79 Å². The Labute approximate surface area is 156 Å². The van der Waals surface area contributed by atoms with Crippen molar-refractivity contribution in [3.05, 3.63) is 46.0 Å². The lowest BCUT2D eigenvalue weighted by Gasteiger charge is -2.32. The fraction of sp³-hybridized carbons (Fsp3) is 0.526. The van der Waals surface area contributed by atoms with E-state index < -0.39 is 0 Å². The second-order valence-corrected chi connectivity index (χ2v) is 7.95. The molecule has 0 bridgehead atoms. The molecule has 25 heavy (non-hydrogen) atoms. The van der Waals surface area contributed by atoms with Crippen molar-refractivity contribution in [1.82, 2.24) is 19.7 Å². The highest BCUT2D eigenvalue weighted by atomic mass is 79.9. The van der Waals surface area contributed by atoms with Crippen LogP contribution in [0.25, 0.3) is 0 Å². The average molecular weight is 403 g/mol. The van der Waals surface area contributed by atoms with Crippen molar-refractivity contribution in [2.75, 3.05) is 13.1 Å². The lowest BCUT2D eigenvalue weighted by atomic mass is 9.96. The lowest BCUT2D eigenvalue weighted by Crippen LogP contribution is -2.39. The van der Waals surface area contributed by atoms with Gasteiger partial charge >= 0.3 is 0 Å². The first-order chi connectivity index (χ1) is 12.2. The maximum Gasteiger partial charge on any atom is 0.253 e. The molecule has 0 spiro atoms. The van der Waals surface area contributed by atoms with Crippen LogP contribution in [0.1, 0.15) is 60.0 Å². The molecule has 0 radical (unpaired) electrons. The molecule has 1 fully saturated rings. The number of fused-ring (bicyclic) bond motifs is 1. The van der Waals surface area contributed by atoms with Crippen LogP contribution in [0, 0.1) is 0 Å². The minimum atomic E-state index is 0.113. The van der Waals surface area contributed by atoms with Crippen molar-refractivity contribution >= 4 is 21.8 Å². The van der Waals surface area contributed by atoms with Crippen LogP contribution < -0.4 is 0 Å². The molecule has 2 aliphatic heterocycles. The molecule has 2 aliphatic rings. The first kappa shape index (κ1) is 16.8. The van der Waals surface area contributed by atoms with Gasteiger partial charge < -0.3 is 9.47 Å². The van der Waals surface area contributed by atoms with E-state index in [1.807, 2.05) is 29.2 Å². The van der Waals surface area contributed by atoms with Gasteiger partial charge in [-0.25, -0.2) is 0 Å². The summed E-state index contributed by atoms with van der Waals surface area (Å²) in [6.45, 7) is 2.58. The third-order valence-corrected chi connectivity index (χ3v) is 5.78. The normalized spacial score (nSPS) is 20.8. The summed E-state index contributed by atoms with van der Waals surface area (Å²) < 4.78 is 3.26. The molecule has 3 heterocycles. The number of carbonyl (C=O) groups is 1. The quantitative estimate of drug-likeness (QED) is 0.767. The van der Waals surface area contributed by atoms with Crippen molar-refractivity contribution in [3.8, 4) is 0 Å². The van der Waals surface area contributed by atoms with E-state index in [1.54, 1.807) is 0 Å². The number of piperidine rings is 1. The second kappa shape index (κ2) is 7.28. The zero-order chi connectivity index (χ0) is 17.2. The van der Waals surface area contributed by atoms with Crippen molar-refractivity contribution in [2.24, 2.45) is 0 Å².